The van der Waals surface area contributed by atoms with Gasteiger partial charge in [-0.3, -0.25) is 4.90 Å². The summed E-state index contributed by atoms with van der Waals surface area (Å²) in [5.41, 5.74) is 1.05. The summed E-state index contributed by atoms with van der Waals surface area (Å²) in [6.07, 6.45) is 3.05. The SMILES string of the molecule is CN(C)C(c1ccccc1)C(O)C(O)C1CCCC1. The van der Waals surface area contributed by atoms with E-state index in [1.54, 1.807) is 0 Å². The van der Waals surface area contributed by atoms with Gasteiger partial charge in [0, 0.05) is 0 Å². The van der Waals surface area contributed by atoms with E-state index in [4.69, 9.17) is 0 Å². The molecule has 1 aromatic carbocycles. The molecule has 0 spiro atoms. The molecular weight excluding hydrogens is 238 g/mol. The van der Waals surface area contributed by atoms with Crippen molar-refractivity contribution >= 4 is 0 Å². The third-order valence-corrected chi connectivity index (χ3v) is 4.25. The number of aliphatic hydroxyl groups excluding tert-OH is 2. The predicted molar refractivity (Wildman–Crippen MR) is 76.8 cm³/mol. The maximum absolute atomic E-state index is 10.6. The number of benzene rings is 1. The van der Waals surface area contributed by atoms with Gasteiger partial charge in [0.2, 0.25) is 0 Å². The number of hydrogen-bond acceptors (Lipinski definition) is 3. The second-order valence-corrected chi connectivity index (χ2v) is 5.84. The van der Waals surface area contributed by atoms with E-state index in [-0.39, 0.29) is 12.0 Å². The van der Waals surface area contributed by atoms with Gasteiger partial charge in [0.25, 0.3) is 0 Å². The second-order valence-electron chi connectivity index (χ2n) is 5.84. The van der Waals surface area contributed by atoms with Gasteiger partial charge in [0.15, 0.2) is 0 Å². The van der Waals surface area contributed by atoms with Crippen molar-refractivity contribution in [2.45, 2.75) is 43.9 Å². The Morgan fingerprint density at radius 1 is 1.05 bits per heavy atom. The Morgan fingerprint density at radius 2 is 1.63 bits per heavy atom. The van der Waals surface area contributed by atoms with Crippen LogP contribution >= 0.6 is 0 Å². The van der Waals surface area contributed by atoms with Crippen LogP contribution in [-0.4, -0.2) is 41.4 Å². The van der Waals surface area contributed by atoms with Crippen molar-refractivity contribution < 1.29 is 10.2 Å². The summed E-state index contributed by atoms with van der Waals surface area (Å²) < 4.78 is 0. The van der Waals surface area contributed by atoms with Crippen molar-refractivity contribution in [2.75, 3.05) is 14.1 Å². The number of likely N-dealkylation sites (N-methyl/N-ethyl adjacent to an activating group) is 1. The Hall–Kier alpha value is -0.900. The number of nitrogens with zero attached hydrogens (tertiary/aromatic N) is 1. The average molecular weight is 263 g/mol. The zero-order valence-electron chi connectivity index (χ0n) is 11.9. The first-order valence-corrected chi connectivity index (χ1v) is 7.18. The molecule has 0 radical (unpaired) electrons. The molecule has 1 saturated carbocycles. The first-order chi connectivity index (χ1) is 9.11. The number of rotatable bonds is 5. The minimum absolute atomic E-state index is 0.156. The fourth-order valence-electron chi connectivity index (χ4n) is 3.22. The highest BCUT2D eigenvalue weighted by molar-refractivity contribution is 5.20. The molecule has 0 aromatic heterocycles. The summed E-state index contributed by atoms with van der Waals surface area (Å²) in [6.45, 7) is 0. The monoisotopic (exact) mass is 263 g/mol. The Kier molecular flexibility index (Phi) is 4.97. The number of hydrogen-bond donors (Lipinski definition) is 2. The van der Waals surface area contributed by atoms with Gasteiger partial charge in [0.1, 0.15) is 0 Å². The zero-order chi connectivity index (χ0) is 13.8. The van der Waals surface area contributed by atoms with Crippen molar-refractivity contribution in [2.24, 2.45) is 5.92 Å². The minimum atomic E-state index is -0.736. The van der Waals surface area contributed by atoms with E-state index >= 15 is 0 Å². The largest absolute Gasteiger partial charge is 0.390 e. The van der Waals surface area contributed by atoms with Crippen LogP contribution in [0.4, 0.5) is 0 Å². The van der Waals surface area contributed by atoms with Crippen LogP contribution in [0.15, 0.2) is 30.3 Å². The van der Waals surface area contributed by atoms with E-state index in [9.17, 15) is 10.2 Å². The van der Waals surface area contributed by atoms with Crippen LogP contribution in [0, 0.1) is 5.92 Å². The van der Waals surface area contributed by atoms with E-state index in [1.807, 2.05) is 49.3 Å². The van der Waals surface area contributed by atoms with Gasteiger partial charge >= 0.3 is 0 Å². The molecule has 0 saturated heterocycles. The second kappa shape index (κ2) is 6.51. The summed E-state index contributed by atoms with van der Waals surface area (Å²) >= 11 is 0. The van der Waals surface area contributed by atoms with E-state index in [1.165, 1.54) is 12.8 Å². The molecule has 0 amide bonds. The Labute approximate surface area is 115 Å². The van der Waals surface area contributed by atoms with Gasteiger partial charge < -0.3 is 10.2 Å². The third-order valence-electron chi connectivity index (χ3n) is 4.25. The van der Waals surface area contributed by atoms with Gasteiger partial charge in [-0.2, -0.15) is 0 Å². The molecule has 1 aromatic rings. The van der Waals surface area contributed by atoms with Gasteiger partial charge in [0.05, 0.1) is 18.2 Å². The first kappa shape index (κ1) is 14.5. The smallest absolute Gasteiger partial charge is 0.0997 e. The molecule has 3 heteroatoms. The first-order valence-electron chi connectivity index (χ1n) is 7.18. The van der Waals surface area contributed by atoms with E-state index < -0.39 is 12.2 Å². The van der Waals surface area contributed by atoms with E-state index in [0.29, 0.717) is 0 Å². The quantitative estimate of drug-likeness (QED) is 0.856. The summed E-state index contributed by atoms with van der Waals surface area (Å²) in [4.78, 5) is 1.98. The molecule has 2 N–H and O–H groups in total. The van der Waals surface area contributed by atoms with Crippen molar-refractivity contribution in [1.82, 2.24) is 4.90 Å². The molecule has 0 bridgehead atoms. The van der Waals surface area contributed by atoms with Crippen LogP contribution in [-0.2, 0) is 0 Å². The molecule has 0 aliphatic heterocycles. The van der Waals surface area contributed by atoms with Crippen molar-refractivity contribution in [1.29, 1.82) is 0 Å². The Bertz CT molecular complexity index is 374. The van der Waals surface area contributed by atoms with Gasteiger partial charge in [-0.1, -0.05) is 43.2 Å². The van der Waals surface area contributed by atoms with Crippen LogP contribution < -0.4 is 0 Å². The highest BCUT2D eigenvalue weighted by atomic mass is 16.3. The fourth-order valence-corrected chi connectivity index (χ4v) is 3.22. The molecular formula is C16H25NO2. The lowest BCUT2D eigenvalue weighted by atomic mass is 9.89. The van der Waals surface area contributed by atoms with Crippen LogP contribution in [0.25, 0.3) is 0 Å². The molecule has 3 atom stereocenters. The van der Waals surface area contributed by atoms with Crippen molar-refractivity contribution in [3.63, 3.8) is 0 Å². The topological polar surface area (TPSA) is 43.7 Å². The standard InChI is InChI=1S/C16H25NO2/c1-17(2)14(12-8-4-3-5-9-12)16(19)15(18)13-10-6-7-11-13/h3-5,8-9,13-16,18-19H,6-7,10-11H2,1-2H3. The van der Waals surface area contributed by atoms with E-state index in [0.717, 1.165) is 18.4 Å². The molecule has 3 nitrogen and oxygen atoms in total. The lowest BCUT2D eigenvalue weighted by Gasteiger charge is -2.34. The summed E-state index contributed by atoms with van der Waals surface area (Å²) in [6, 6.07) is 9.78. The Morgan fingerprint density at radius 3 is 2.16 bits per heavy atom. The van der Waals surface area contributed by atoms with Crippen molar-refractivity contribution in [3.8, 4) is 0 Å². The highest BCUT2D eigenvalue weighted by Gasteiger charge is 2.35. The molecule has 2 rings (SSSR count). The zero-order valence-corrected chi connectivity index (χ0v) is 11.9. The normalized spacial score (nSPS) is 21.5. The van der Waals surface area contributed by atoms with Crippen molar-refractivity contribution in [3.05, 3.63) is 35.9 Å². The molecule has 106 valence electrons. The average Bonchev–Trinajstić information content (AvgIpc) is 2.92. The third kappa shape index (κ3) is 3.35. The van der Waals surface area contributed by atoms with Gasteiger partial charge in [-0.05, 0) is 38.4 Å². The highest BCUT2D eigenvalue weighted by Crippen LogP contribution is 2.33. The van der Waals surface area contributed by atoms with Crippen LogP contribution in [0.2, 0.25) is 0 Å². The molecule has 1 fully saturated rings. The van der Waals surface area contributed by atoms with E-state index in [2.05, 4.69) is 0 Å². The van der Waals surface area contributed by atoms with Crippen LogP contribution in [0.5, 0.6) is 0 Å². The molecule has 19 heavy (non-hydrogen) atoms. The lowest BCUT2D eigenvalue weighted by Crippen LogP contribution is -2.42. The molecule has 0 heterocycles. The lowest BCUT2D eigenvalue weighted by molar-refractivity contribution is -0.0549. The summed E-state index contributed by atoms with van der Waals surface area (Å²) in [5.74, 6) is 0.251. The maximum atomic E-state index is 10.6. The van der Waals surface area contributed by atoms with Gasteiger partial charge in [-0.25, -0.2) is 0 Å². The molecule has 3 unspecified atom stereocenters. The summed E-state index contributed by atoms with van der Waals surface area (Å²) in [7, 11) is 3.89. The number of aliphatic hydroxyl groups is 2. The minimum Gasteiger partial charge on any atom is -0.390 e. The Balaban J connectivity index is 2.14. The molecule has 1 aliphatic rings. The molecule has 1 aliphatic carbocycles. The fraction of sp³-hybridized carbons (Fsp3) is 0.625. The van der Waals surface area contributed by atoms with Gasteiger partial charge in [-0.15, -0.1) is 0 Å². The maximum Gasteiger partial charge on any atom is 0.0997 e. The summed E-state index contributed by atoms with van der Waals surface area (Å²) in [5, 5.41) is 21.0. The van der Waals surface area contributed by atoms with Crippen LogP contribution in [0.1, 0.15) is 37.3 Å². The predicted octanol–water partition coefficient (Wildman–Crippen LogP) is 2.20. The van der Waals surface area contributed by atoms with Crippen LogP contribution in [0.3, 0.4) is 0 Å².